The molecular weight excluding hydrogens is 423 g/mol. The van der Waals surface area contributed by atoms with Crippen LogP contribution in [0.3, 0.4) is 0 Å². The van der Waals surface area contributed by atoms with Gasteiger partial charge in [-0.3, -0.25) is 9.78 Å². The third-order valence-electron chi connectivity index (χ3n) is 6.57. The summed E-state index contributed by atoms with van der Waals surface area (Å²) in [5.41, 5.74) is 0.625. The maximum Gasteiger partial charge on any atom is 0.435 e. The zero-order valence-corrected chi connectivity index (χ0v) is 17.4. The summed E-state index contributed by atoms with van der Waals surface area (Å²) in [5, 5.41) is 0. The van der Waals surface area contributed by atoms with Gasteiger partial charge < -0.3 is 14.2 Å². The maximum atomic E-state index is 13.3. The molecule has 1 saturated carbocycles. The third-order valence-corrected chi connectivity index (χ3v) is 6.57. The topological polar surface area (TPSA) is 73.1 Å². The molecule has 3 fully saturated rings. The first-order valence-electron chi connectivity index (χ1n) is 10.6. The second-order valence-electron chi connectivity index (χ2n) is 8.48. The first kappa shape index (κ1) is 20.7. The lowest BCUT2D eigenvalue weighted by Crippen LogP contribution is -2.55. The summed E-state index contributed by atoms with van der Waals surface area (Å²) in [6.45, 7) is 0.848. The molecule has 6 rings (SSSR count). The first-order valence-corrected chi connectivity index (χ1v) is 10.6. The molecule has 0 radical (unpaired) electrons. The summed E-state index contributed by atoms with van der Waals surface area (Å²) in [4.78, 5) is 26.8. The van der Waals surface area contributed by atoms with Crippen LogP contribution >= 0.6 is 0 Å². The average molecular weight is 445 g/mol. The number of hydrogen-bond acceptors (Lipinski definition) is 5. The zero-order chi connectivity index (χ0) is 22.5. The molecule has 32 heavy (non-hydrogen) atoms. The van der Waals surface area contributed by atoms with Crippen LogP contribution in [0, 0.1) is 11.8 Å². The minimum atomic E-state index is -4.56. The maximum absolute atomic E-state index is 13.3. The van der Waals surface area contributed by atoms with E-state index in [0.717, 1.165) is 30.3 Å². The van der Waals surface area contributed by atoms with Crippen LogP contribution < -0.4 is 4.74 Å². The van der Waals surface area contributed by atoms with Gasteiger partial charge in [0.25, 0.3) is 5.91 Å². The van der Waals surface area contributed by atoms with Crippen molar-refractivity contribution in [1.29, 1.82) is 0 Å². The largest absolute Gasteiger partial charge is 0.476 e. The van der Waals surface area contributed by atoms with E-state index in [9.17, 15) is 18.0 Å². The molecule has 0 spiro atoms. The molecule has 2 bridgehead atoms. The van der Waals surface area contributed by atoms with Gasteiger partial charge in [-0.25, -0.2) is 9.97 Å². The lowest BCUT2D eigenvalue weighted by atomic mass is 9.72. The van der Waals surface area contributed by atoms with Gasteiger partial charge in [-0.05, 0) is 43.2 Å². The highest BCUT2D eigenvalue weighted by Crippen LogP contribution is 2.40. The van der Waals surface area contributed by atoms with Gasteiger partial charge in [-0.2, -0.15) is 13.2 Å². The Morgan fingerprint density at radius 3 is 2.72 bits per heavy atom. The summed E-state index contributed by atoms with van der Waals surface area (Å²) < 4.78 is 45.9. The van der Waals surface area contributed by atoms with Crippen LogP contribution in [0.25, 0.3) is 11.0 Å². The van der Waals surface area contributed by atoms with E-state index in [2.05, 4.69) is 15.0 Å². The van der Waals surface area contributed by atoms with Crippen LogP contribution in [-0.2, 0) is 13.2 Å². The number of fused-ring (bicyclic) bond motifs is 4. The molecule has 168 valence electrons. The predicted octanol–water partition coefficient (Wildman–Crippen LogP) is 3.70. The molecule has 7 nitrogen and oxygen atoms in total. The van der Waals surface area contributed by atoms with Gasteiger partial charge in [-0.1, -0.05) is 12.1 Å². The summed E-state index contributed by atoms with van der Waals surface area (Å²) in [6.07, 6.45) is -0.0863. The van der Waals surface area contributed by atoms with Crippen LogP contribution in [0.2, 0.25) is 0 Å². The van der Waals surface area contributed by atoms with Crippen molar-refractivity contribution >= 4 is 16.9 Å². The quantitative estimate of drug-likeness (QED) is 0.612. The van der Waals surface area contributed by atoms with Crippen LogP contribution in [0.15, 0.2) is 36.7 Å². The summed E-state index contributed by atoms with van der Waals surface area (Å²) in [6, 6.07) is 7.70. The number of amides is 1. The number of aryl methyl sites for hydroxylation is 1. The Bertz CT molecular complexity index is 1160. The van der Waals surface area contributed by atoms with Crippen molar-refractivity contribution in [3.05, 3.63) is 48.2 Å². The Labute approximate surface area is 182 Å². The van der Waals surface area contributed by atoms with E-state index in [1.165, 1.54) is 6.20 Å². The number of carbonyl (C=O) groups excluding carboxylic acids is 1. The molecule has 3 aromatic rings. The van der Waals surface area contributed by atoms with E-state index in [1.807, 2.05) is 40.8 Å². The van der Waals surface area contributed by atoms with Gasteiger partial charge in [0.15, 0.2) is 11.5 Å². The number of halogens is 3. The normalized spacial score (nSPS) is 23.0. The summed E-state index contributed by atoms with van der Waals surface area (Å²) >= 11 is 0. The van der Waals surface area contributed by atoms with Crippen molar-refractivity contribution < 1.29 is 22.7 Å². The summed E-state index contributed by atoms with van der Waals surface area (Å²) in [5.74, 6) is 0.577. The Morgan fingerprint density at radius 1 is 1.19 bits per heavy atom. The van der Waals surface area contributed by atoms with Crippen LogP contribution in [0.1, 0.15) is 35.6 Å². The second-order valence-corrected chi connectivity index (χ2v) is 8.48. The van der Waals surface area contributed by atoms with Gasteiger partial charge in [0.2, 0.25) is 5.88 Å². The molecule has 1 amide bonds. The Hall–Kier alpha value is -3.17. The number of aromatic nitrogens is 4. The molecule has 10 heteroatoms. The van der Waals surface area contributed by atoms with Gasteiger partial charge in [0.1, 0.15) is 0 Å². The molecule has 4 heterocycles. The number of imidazole rings is 1. The number of ether oxygens (including phenoxy) is 1. The fraction of sp³-hybridized carbons (Fsp3) is 0.455. The number of hydrogen-bond donors (Lipinski definition) is 0. The highest BCUT2D eigenvalue weighted by molar-refractivity contribution is 5.95. The number of rotatable bonds is 4. The van der Waals surface area contributed by atoms with E-state index in [0.29, 0.717) is 18.6 Å². The predicted molar refractivity (Wildman–Crippen MR) is 109 cm³/mol. The van der Waals surface area contributed by atoms with Gasteiger partial charge in [-0.15, -0.1) is 0 Å². The van der Waals surface area contributed by atoms with E-state index in [4.69, 9.17) is 4.74 Å². The summed E-state index contributed by atoms with van der Waals surface area (Å²) in [7, 11) is 1.84. The van der Waals surface area contributed by atoms with E-state index >= 15 is 0 Å². The molecule has 0 N–H and O–H groups in total. The Balaban J connectivity index is 1.27. The zero-order valence-electron chi connectivity index (χ0n) is 17.4. The minimum absolute atomic E-state index is 0.0634. The van der Waals surface area contributed by atoms with Crippen molar-refractivity contribution in [3.63, 3.8) is 0 Å². The highest BCUT2D eigenvalue weighted by atomic mass is 19.4. The smallest absolute Gasteiger partial charge is 0.435 e. The fourth-order valence-corrected chi connectivity index (χ4v) is 4.89. The number of alkyl halides is 3. The number of piperidine rings is 2. The van der Waals surface area contributed by atoms with Crippen LogP contribution in [0.5, 0.6) is 5.88 Å². The Morgan fingerprint density at radius 2 is 2.00 bits per heavy atom. The van der Waals surface area contributed by atoms with Crippen molar-refractivity contribution in [2.45, 2.75) is 31.5 Å². The van der Waals surface area contributed by atoms with Crippen molar-refractivity contribution in [3.8, 4) is 5.88 Å². The standard InChI is InChI=1S/C22H22F3N5O2/c1-29-17-5-3-2-4-16(17)27-20(29)21(31)30-11-13-6-7-15(30)8-14(13)12-32-19-10-26-9-18(28-19)22(23,24)25/h2-5,9-10,13-15H,6-8,11-12H2,1H3. The van der Waals surface area contributed by atoms with E-state index in [1.54, 1.807) is 0 Å². The van der Waals surface area contributed by atoms with Crippen molar-refractivity contribution in [1.82, 2.24) is 24.4 Å². The lowest BCUT2D eigenvalue weighted by molar-refractivity contribution is -0.141. The van der Waals surface area contributed by atoms with Crippen LogP contribution in [-0.4, -0.2) is 49.5 Å². The molecule has 3 atom stereocenters. The third kappa shape index (κ3) is 3.67. The SMILES string of the molecule is Cn1c(C(=O)N2CC3CCC2CC3COc2cncc(C(F)(F)F)n2)nc2ccccc21. The highest BCUT2D eigenvalue weighted by Gasteiger charge is 2.43. The van der Waals surface area contributed by atoms with Gasteiger partial charge >= 0.3 is 6.18 Å². The first-order chi connectivity index (χ1) is 15.3. The minimum Gasteiger partial charge on any atom is -0.476 e. The van der Waals surface area contributed by atoms with E-state index < -0.39 is 11.9 Å². The molecule has 3 aliphatic rings. The fourth-order valence-electron chi connectivity index (χ4n) is 4.89. The van der Waals surface area contributed by atoms with E-state index in [-0.39, 0.29) is 36.3 Å². The van der Waals surface area contributed by atoms with Crippen molar-refractivity contribution in [2.75, 3.05) is 13.2 Å². The van der Waals surface area contributed by atoms with Crippen molar-refractivity contribution in [2.24, 2.45) is 18.9 Å². The molecular formula is C22H22F3N5O2. The monoisotopic (exact) mass is 445 g/mol. The lowest BCUT2D eigenvalue weighted by Gasteiger charge is -2.49. The van der Waals surface area contributed by atoms with Crippen LogP contribution in [0.4, 0.5) is 13.2 Å². The average Bonchev–Trinajstić information content (AvgIpc) is 3.14. The molecule has 2 saturated heterocycles. The molecule has 2 aromatic heterocycles. The second kappa shape index (κ2) is 7.75. The molecule has 1 aromatic carbocycles. The molecule has 2 aliphatic heterocycles. The number of para-hydroxylation sites is 2. The molecule has 1 aliphatic carbocycles. The van der Waals surface area contributed by atoms with Gasteiger partial charge in [0, 0.05) is 19.6 Å². The number of nitrogens with zero attached hydrogens (tertiary/aromatic N) is 5. The number of benzene rings is 1. The number of carbonyl (C=O) groups is 1. The van der Waals surface area contributed by atoms with Gasteiger partial charge in [0.05, 0.1) is 30.0 Å². The Kier molecular flexibility index (Phi) is 5.02. The molecule has 3 unspecified atom stereocenters.